The zero-order chi connectivity index (χ0) is 39.1. The Bertz CT molecular complexity index is 2710. The number of aliphatic imine (C=N–C) groups is 4. The van der Waals surface area contributed by atoms with E-state index in [1.807, 2.05) is 24.3 Å². The van der Waals surface area contributed by atoms with Gasteiger partial charge in [0, 0.05) is 0 Å². The molecule has 0 unspecified atom stereocenters. The van der Waals surface area contributed by atoms with Crippen LogP contribution in [-0.2, 0) is 6.91 Å². The van der Waals surface area contributed by atoms with Crippen molar-refractivity contribution in [1.29, 1.82) is 0 Å². The fourth-order valence-corrected chi connectivity index (χ4v) is 34.4. The van der Waals surface area contributed by atoms with Gasteiger partial charge in [0.25, 0.3) is 0 Å². The van der Waals surface area contributed by atoms with Crippen molar-refractivity contribution in [1.82, 2.24) is 7.05 Å². The van der Waals surface area contributed by atoms with E-state index in [0.717, 1.165) is 103 Å². The third-order valence-electron chi connectivity index (χ3n) is 12.9. The summed E-state index contributed by atoms with van der Waals surface area (Å²) in [5.74, 6) is 3.95. The van der Waals surface area contributed by atoms with Crippen molar-refractivity contribution in [3.8, 4) is 0 Å². The van der Waals surface area contributed by atoms with Crippen LogP contribution in [0.5, 0.6) is 0 Å². The molecule has 10 rings (SSSR count). The van der Waals surface area contributed by atoms with Crippen molar-refractivity contribution in [2.24, 2.45) is 30.0 Å². The van der Waals surface area contributed by atoms with Crippen LogP contribution in [0.4, 0.5) is 11.6 Å². The maximum atomic E-state index is 8.44. The molecule has 13 heteroatoms. The number of hydrogen-bond acceptors (Lipinski definition) is 8. The van der Waals surface area contributed by atoms with Gasteiger partial charge in [0.05, 0.1) is 0 Å². The third-order valence-corrected chi connectivity index (χ3v) is 35.0. The molecule has 4 aliphatic heterocycles. The van der Waals surface area contributed by atoms with Gasteiger partial charge in [-0.15, -0.1) is 0 Å². The zero-order valence-electron chi connectivity index (χ0n) is 33.4. The van der Waals surface area contributed by atoms with Crippen LogP contribution in [0, 0.1) is 0 Å². The van der Waals surface area contributed by atoms with Crippen molar-refractivity contribution in [3.05, 3.63) is 130 Å². The van der Waals surface area contributed by atoms with Crippen molar-refractivity contribution in [2.75, 3.05) is 0 Å². The molecule has 0 fully saturated rings. The van der Waals surface area contributed by atoms with Gasteiger partial charge in [0.15, 0.2) is 0 Å². The summed E-state index contributed by atoms with van der Waals surface area (Å²) in [5, 5.41) is 3.85. The molecule has 57 heavy (non-hydrogen) atoms. The fraction of sp³-hybridized carbons (Fsp3) is 0.273. The van der Waals surface area contributed by atoms with Crippen LogP contribution in [0.25, 0.3) is 21.5 Å². The normalized spacial score (nSPS) is 16.2. The van der Waals surface area contributed by atoms with E-state index in [4.69, 9.17) is 36.9 Å². The van der Waals surface area contributed by atoms with E-state index >= 15 is 0 Å². The summed E-state index contributed by atoms with van der Waals surface area (Å²) in [7, 11) is -5.09. The summed E-state index contributed by atoms with van der Waals surface area (Å²) in [5.41, 5.74) is 5.25. The first kappa shape index (κ1) is 36.5. The molecular weight excluding hydrogens is 801 g/mol. The van der Waals surface area contributed by atoms with E-state index in [0.29, 0.717) is 23.3 Å². The molecule has 6 bridgehead atoms. The van der Waals surface area contributed by atoms with Gasteiger partial charge in [-0.1, -0.05) is 0 Å². The Hall–Kier alpha value is -4.86. The predicted octanol–water partition coefficient (Wildman–Crippen LogP) is 9.42. The van der Waals surface area contributed by atoms with Gasteiger partial charge < -0.3 is 0 Å². The standard InChI is InChI=1S/C44H46GeN8O2Si2/c1-7-56(8-2,9-3)54-45(55-57(10-4,11-5)12-6)52-41-33-25-17-18-26-34(33)43(52)50-39-31-23-15-16-24-32(31)40(47-39)51-44-36-28-20-19-27-35(36)42(53(44)45)49-38-30-22-14-13-21-29(30)37(46-38)48-41/h13-28H,7-12H2,1-6H3. The topological polar surface area (TPSA) is 102 Å². The van der Waals surface area contributed by atoms with Crippen molar-refractivity contribution in [2.45, 2.75) is 77.8 Å². The van der Waals surface area contributed by atoms with Crippen LogP contribution < -0.4 is 11.0 Å². The molecule has 286 valence electrons. The second kappa shape index (κ2) is 13.6. The van der Waals surface area contributed by atoms with Crippen LogP contribution in [0.3, 0.4) is 0 Å². The Morgan fingerprint density at radius 3 is 1.07 bits per heavy atom. The van der Waals surface area contributed by atoms with Crippen LogP contribution in [0.15, 0.2) is 127 Å². The molecule has 6 aromatic rings. The van der Waals surface area contributed by atoms with Crippen LogP contribution in [-0.4, -0.2) is 61.4 Å². The number of hydrogen-bond donors (Lipinski definition) is 0. The Labute approximate surface area is 337 Å². The number of aromatic nitrogens is 2. The quantitative estimate of drug-likeness (QED) is 0.128. The number of amidine groups is 4. The minimum absolute atomic E-state index is 0.618. The monoisotopic (exact) mass is 848 g/mol. The molecule has 0 aliphatic carbocycles. The summed E-state index contributed by atoms with van der Waals surface area (Å²) in [6.07, 6.45) is 0. The van der Waals surface area contributed by atoms with E-state index in [1.165, 1.54) is 0 Å². The zero-order valence-corrected chi connectivity index (χ0v) is 37.5. The minimum atomic E-state index is -5.04. The second-order valence-electron chi connectivity index (χ2n) is 15.4. The molecule has 0 saturated carbocycles. The Morgan fingerprint density at radius 2 is 0.719 bits per heavy atom. The molecule has 2 aromatic heterocycles. The predicted molar refractivity (Wildman–Crippen MR) is 238 cm³/mol. The number of fused-ring (bicyclic) bond motifs is 14. The van der Waals surface area contributed by atoms with E-state index < -0.39 is 31.0 Å². The first-order valence-corrected chi connectivity index (χ1v) is 29.2. The fourth-order valence-electron chi connectivity index (χ4n) is 9.14. The molecule has 0 spiro atoms. The molecule has 4 aromatic carbocycles. The average molecular weight is 848 g/mol. The molecule has 0 amide bonds. The van der Waals surface area contributed by atoms with Crippen molar-refractivity contribution in [3.63, 3.8) is 0 Å². The summed E-state index contributed by atoms with van der Waals surface area (Å²) in [4.78, 5) is 33.1. The van der Waals surface area contributed by atoms with Gasteiger partial charge >= 0.3 is 340 Å². The molecule has 6 heterocycles. The van der Waals surface area contributed by atoms with E-state index in [2.05, 4.69) is 121 Å². The SMILES string of the molecule is CC[Si](CC)(CC)[O][Ge]1([O][Si](CC)(CC)CC)[n]2c3c4ccccc4c2N=C2N=C(N=c4c5ccccc5c([n]41)=NC1=NC(=N3)c3ccccc31)c1ccccc12. The van der Waals surface area contributed by atoms with Crippen molar-refractivity contribution >= 4 is 87.5 Å². The molecule has 10 nitrogen and oxygen atoms in total. The molecule has 4 aliphatic rings. The first-order chi connectivity index (χ1) is 27.9. The number of rotatable bonds is 10. The van der Waals surface area contributed by atoms with Gasteiger partial charge in [-0.2, -0.15) is 0 Å². The van der Waals surface area contributed by atoms with Crippen LogP contribution in [0.1, 0.15) is 63.8 Å². The Kier molecular flexibility index (Phi) is 8.72. The Balaban J connectivity index is 1.55. The molecule has 0 saturated heterocycles. The number of nitrogens with zero attached hydrogens (tertiary/aromatic N) is 8. The summed E-state index contributed by atoms with van der Waals surface area (Å²) in [6, 6.07) is 39.2. The van der Waals surface area contributed by atoms with Gasteiger partial charge in [0.1, 0.15) is 0 Å². The van der Waals surface area contributed by atoms with Gasteiger partial charge in [-0.25, -0.2) is 0 Å². The van der Waals surface area contributed by atoms with Gasteiger partial charge in [-0.3, -0.25) is 0 Å². The molecule has 0 N–H and O–H groups in total. The summed E-state index contributed by atoms with van der Waals surface area (Å²) < 4.78 is 21.6. The Morgan fingerprint density at radius 1 is 0.404 bits per heavy atom. The molecule has 0 radical (unpaired) electrons. The van der Waals surface area contributed by atoms with Crippen LogP contribution >= 0.6 is 0 Å². The number of benzene rings is 4. The average Bonchev–Trinajstić information content (AvgIpc) is 3.98. The molecular formula is C44H46GeN8O2Si2. The van der Waals surface area contributed by atoms with E-state index in [9.17, 15) is 0 Å². The second-order valence-corrected chi connectivity index (χ2v) is 31.5. The molecule has 0 atom stereocenters. The maximum absolute atomic E-state index is 8.44. The van der Waals surface area contributed by atoms with Crippen LogP contribution in [0.2, 0.25) is 36.3 Å². The van der Waals surface area contributed by atoms with E-state index in [-0.39, 0.29) is 0 Å². The van der Waals surface area contributed by atoms with Crippen molar-refractivity contribution < 1.29 is 6.91 Å². The summed E-state index contributed by atoms with van der Waals surface area (Å²) in [6.45, 7) is 13.8. The van der Waals surface area contributed by atoms with Gasteiger partial charge in [0.2, 0.25) is 0 Å². The van der Waals surface area contributed by atoms with E-state index in [1.54, 1.807) is 0 Å². The first-order valence-electron chi connectivity index (χ1n) is 20.5. The van der Waals surface area contributed by atoms with Gasteiger partial charge in [-0.05, 0) is 0 Å². The third kappa shape index (κ3) is 5.26. The summed E-state index contributed by atoms with van der Waals surface area (Å²) >= 11 is -5.04.